The molecule has 2 unspecified atom stereocenters. The number of hydrogen-bond donors (Lipinski definition) is 1. The number of anilines is 1. The number of nitrogens with zero attached hydrogens (tertiary/aromatic N) is 3. The summed E-state index contributed by atoms with van der Waals surface area (Å²) in [6.45, 7) is 0.232. The van der Waals surface area contributed by atoms with Gasteiger partial charge in [0.05, 0.1) is 17.7 Å². The Bertz CT molecular complexity index is 733. The molecule has 126 valence electrons. The van der Waals surface area contributed by atoms with E-state index in [-0.39, 0.29) is 24.3 Å². The molecule has 1 saturated heterocycles. The maximum atomic E-state index is 13.5. The molecule has 1 N–H and O–H groups in total. The van der Waals surface area contributed by atoms with Crippen LogP contribution in [0.1, 0.15) is 28.4 Å². The largest absolute Gasteiger partial charge is 0.391 e. The second-order valence-electron chi connectivity index (χ2n) is 6.22. The van der Waals surface area contributed by atoms with E-state index in [4.69, 9.17) is 0 Å². The highest BCUT2D eigenvalue weighted by Gasteiger charge is 2.36. The second-order valence-corrected chi connectivity index (χ2v) is 6.22. The molecule has 1 aliphatic rings. The van der Waals surface area contributed by atoms with E-state index in [9.17, 15) is 14.3 Å². The minimum atomic E-state index is -0.615. The van der Waals surface area contributed by atoms with Gasteiger partial charge >= 0.3 is 0 Å². The minimum Gasteiger partial charge on any atom is -0.391 e. The van der Waals surface area contributed by atoms with Gasteiger partial charge in [0.25, 0.3) is 5.91 Å². The van der Waals surface area contributed by atoms with Crippen LogP contribution in [0.15, 0.2) is 42.6 Å². The summed E-state index contributed by atoms with van der Waals surface area (Å²) >= 11 is 0. The van der Waals surface area contributed by atoms with Crippen molar-refractivity contribution in [3.05, 3.63) is 59.5 Å². The molecule has 2 atom stereocenters. The Balaban J connectivity index is 1.86. The highest BCUT2D eigenvalue weighted by Crippen LogP contribution is 2.33. The van der Waals surface area contributed by atoms with Crippen LogP contribution in [-0.4, -0.2) is 47.6 Å². The minimum absolute atomic E-state index is 0.210. The zero-order valence-electron chi connectivity index (χ0n) is 13.7. The van der Waals surface area contributed by atoms with Crippen molar-refractivity contribution in [2.24, 2.45) is 0 Å². The Morgan fingerprint density at radius 3 is 2.75 bits per heavy atom. The molecule has 0 radical (unpaired) electrons. The molecule has 1 amide bonds. The summed E-state index contributed by atoms with van der Waals surface area (Å²) in [6.07, 6.45) is 1.32. The number of aliphatic hydroxyl groups is 1. The number of pyridine rings is 1. The molecule has 5 nitrogen and oxygen atoms in total. The SMILES string of the molecule is CN(C)c1ccc(C(=O)N2CC(O)CC2c2cccc(F)c2)cn1. The third-order valence-electron chi connectivity index (χ3n) is 4.23. The van der Waals surface area contributed by atoms with E-state index in [1.807, 2.05) is 19.0 Å². The fourth-order valence-electron chi connectivity index (χ4n) is 3.01. The van der Waals surface area contributed by atoms with Crippen molar-refractivity contribution in [3.63, 3.8) is 0 Å². The molecule has 2 aromatic rings. The van der Waals surface area contributed by atoms with Crippen LogP contribution < -0.4 is 4.90 Å². The van der Waals surface area contributed by atoms with Crippen molar-refractivity contribution in [2.45, 2.75) is 18.6 Å². The molecule has 0 aliphatic carbocycles. The number of carbonyl (C=O) groups is 1. The first-order chi connectivity index (χ1) is 11.5. The smallest absolute Gasteiger partial charge is 0.256 e. The topological polar surface area (TPSA) is 56.7 Å². The molecular weight excluding hydrogens is 309 g/mol. The van der Waals surface area contributed by atoms with Crippen molar-refractivity contribution >= 4 is 11.7 Å². The number of halogens is 1. The first-order valence-corrected chi connectivity index (χ1v) is 7.83. The highest BCUT2D eigenvalue weighted by atomic mass is 19.1. The molecule has 0 spiro atoms. The number of rotatable bonds is 3. The lowest BCUT2D eigenvalue weighted by atomic mass is 10.0. The third kappa shape index (κ3) is 3.23. The first kappa shape index (κ1) is 16.4. The van der Waals surface area contributed by atoms with Crippen LogP contribution >= 0.6 is 0 Å². The summed E-state index contributed by atoms with van der Waals surface area (Å²) in [5, 5.41) is 10.0. The lowest BCUT2D eigenvalue weighted by Crippen LogP contribution is -2.32. The standard InChI is InChI=1S/C18H20FN3O2/c1-21(2)17-7-6-13(10-20-17)18(24)22-11-15(23)9-16(22)12-4-3-5-14(19)8-12/h3-8,10,15-16,23H,9,11H2,1-2H3. The van der Waals surface area contributed by atoms with E-state index < -0.39 is 6.10 Å². The molecule has 1 aliphatic heterocycles. The van der Waals surface area contributed by atoms with Gasteiger partial charge in [-0.15, -0.1) is 0 Å². The lowest BCUT2D eigenvalue weighted by molar-refractivity contribution is 0.0715. The predicted molar refractivity (Wildman–Crippen MR) is 89.4 cm³/mol. The zero-order chi connectivity index (χ0) is 17.3. The van der Waals surface area contributed by atoms with Gasteiger partial charge in [0.1, 0.15) is 11.6 Å². The first-order valence-electron chi connectivity index (χ1n) is 7.83. The van der Waals surface area contributed by atoms with Gasteiger partial charge in [-0.05, 0) is 36.2 Å². The van der Waals surface area contributed by atoms with E-state index in [1.165, 1.54) is 18.3 Å². The maximum absolute atomic E-state index is 13.5. The molecule has 6 heteroatoms. The second kappa shape index (κ2) is 6.57. The number of aliphatic hydroxyl groups excluding tert-OH is 1. The van der Waals surface area contributed by atoms with Gasteiger partial charge < -0.3 is 14.9 Å². The van der Waals surface area contributed by atoms with Crippen LogP contribution in [0.2, 0.25) is 0 Å². The number of amides is 1. The van der Waals surface area contributed by atoms with Crippen LogP contribution in [0.5, 0.6) is 0 Å². The van der Waals surface area contributed by atoms with Crippen LogP contribution in [-0.2, 0) is 0 Å². The number of likely N-dealkylation sites (tertiary alicyclic amines) is 1. The van der Waals surface area contributed by atoms with Gasteiger partial charge in [-0.25, -0.2) is 9.37 Å². The third-order valence-corrected chi connectivity index (χ3v) is 4.23. The normalized spacial score (nSPS) is 20.2. The molecule has 3 rings (SSSR count). The molecular formula is C18H20FN3O2. The Kier molecular flexibility index (Phi) is 4.49. The summed E-state index contributed by atoms with van der Waals surface area (Å²) in [5.74, 6) is 0.201. The zero-order valence-corrected chi connectivity index (χ0v) is 13.7. The van der Waals surface area contributed by atoms with E-state index >= 15 is 0 Å². The summed E-state index contributed by atoms with van der Waals surface area (Å²) in [7, 11) is 3.75. The quantitative estimate of drug-likeness (QED) is 0.938. The fourth-order valence-corrected chi connectivity index (χ4v) is 3.01. The fraction of sp³-hybridized carbons (Fsp3) is 0.333. The number of carbonyl (C=O) groups excluding carboxylic acids is 1. The van der Waals surface area contributed by atoms with Crippen molar-refractivity contribution in [3.8, 4) is 0 Å². The van der Waals surface area contributed by atoms with Crippen LogP contribution in [0.25, 0.3) is 0 Å². The van der Waals surface area contributed by atoms with Gasteiger partial charge in [0, 0.05) is 26.8 Å². The summed E-state index contributed by atoms with van der Waals surface area (Å²) < 4.78 is 13.5. The molecule has 0 saturated carbocycles. The van der Waals surface area contributed by atoms with Gasteiger partial charge in [-0.3, -0.25) is 4.79 Å². The predicted octanol–water partition coefficient (Wildman–Crippen LogP) is 2.23. The average molecular weight is 329 g/mol. The summed E-state index contributed by atoms with van der Waals surface area (Å²) in [5.41, 5.74) is 1.15. The van der Waals surface area contributed by atoms with Crippen molar-refractivity contribution in [2.75, 3.05) is 25.5 Å². The van der Waals surface area contributed by atoms with Gasteiger partial charge in [0.2, 0.25) is 0 Å². The number of benzene rings is 1. The van der Waals surface area contributed by atoms with Gasteiger partial charge in [-0.1, -0.05) is 12.1 Å². The molecule has 1 fully saturated rings. The maximum Gasteiger partial charge on any atom is 0.256 e. The summed E-state index contributed by atoms with van der Waals surface area (Å²) in [4.78, 5) is 20.5. The Labute approximate surface area is 140 Å². The van der Waals surface area contributed by atoms with E-state index in [2.05, 4.69) is 4.98 Å². The Morgan fingerprint density at radius 1 is 1.33 bits per heavy atom. The van der Waals surface area contributed by atoms with E-state index in [0.29, 0.717) is 17.5 Å². The van der Waals surface area contributed by atoms with Crippen molar-refractivity contribution in [1.29, 1.82) is 0 Å². The average Bonchev–Trinajstić information content (AvgIpc) is 2.96. The molecule has 2 heterocycles. The van der Waals surface area contributed by atoms with Gasteiger partial charge in [0.15, 0.2) is 0 Å². The molecule has 1 aromatic heterocycles. The van der Waals surface area contributed by atoms with E-state index in [1.54, 1.807) is 29.2 Å². The number of β-amino-alcohol motifs (C(OH)–C–C–N with tert-alkyl or cyclic N) is 1. The Hall–Kier alpha value is -2.47. The number of hydrogen-bond acceptors (Lipinski definition) is 4. The van der Waals surface area contributed by atoms with Gasteiger partial charge in [-0.2, -0.15) is 0 Å². The molecule has 1 aromatic carbocycles. The van der Waals surface area contributed by atoms with Crippen LogP contribution in [0, 0.1) is 5.82 Å². The number of aromatic nitrogens is 1. The van der Waals surface area contributed by atoms with Crippen molar-refractivity contribution in [1.82, 2.24) is 9.88 Å². The highest BCUT2D eigenvalue weighted by molar-refractivity contribution is 5.94. The van der Waals surface area contributed by atoms with Crippen molar-refractivity contribution < 1.29 is 14.3 Å². The monoisotopic (exact) mass is 329 g/mol. The lowest BCUT2D eigenvalue weighted by Gasteiger charge is -2.25. The summed E-state index contributed by atoms with van der Waals surface area (Å²) in [6, 6.07) is 9.33. The molecule has 24 heavy (non-hydrogen) atoms. The van der Waals surface area contributed by atoms with E-state index in [0.717, 1.165) is 5.82 Å². The van der Waals surface area contributed by atoms with Crippen LogP contribution in [0.3, 0.4) is 0 Å². The van der Waals surface area contributed by atoms with Crippen LogP contribution in [0.4, 0.5) is 10.2 Å². The molecule has 0 bridgehead atoms. The Morgan fingerprint density at radius 2 is 2.12 bits per heavy atom.